The Morgan fingerprint density at radius 1 is 1.10 bits per heavy atom. The Morgan fingerprint density at radius 2 is 1.87 bits per heavy atom. The molecule has 3 aromatic heterocycles. The lowest BCUT2D eigenvalue weighted by Crippen LogP contribution is -2.23. The number of carbonyl (C=O) groups is 1. The Bertz CT molecular complexity index is 1580. The van der Waals surface area contributed by atoms with Gasteiger partial charge in [0.1, 0.15) is 11.5 Å². The number of anilines is 1. The first-order valence-electron chi connectivity index (χ1n) is 12.8. The van der Waals surface area contributed by atoms with Crippen LogP contribution in [0.5, 0.6) is 0 Å². The number of allylic oxidation sites excluding steroid dienone is 1. The molecule has 0 amide bonds. The van der Waals surface area contributed by atoms with E-state index in [2.05, 4.69) is 37.3 Å². The Kier molecular flexibility index (Phi) is 5.93. The average molecular weight is 564 g/mol. The number of ether oxygens (including phenoxy) is 1. The molecular weight excluding hydrogens is 541 g/mol. The van der Waals surface area contributed by atoms with E-state index >= 15 is 0 Å². The largest absolute Gasteiger partial charge is 0.465 e. The summed E-state index contributed by atoms with van der Waals surface area (Å²) in [6, 6.07) is 7.48. The van der Waals surface area contributed by atoms with Gasteiger partial charge in [0.05, 0.1) is 22.7 Å². The Hall–Kier alpha value is -3.69. The molecule has 4 heterocycles. The number of esters is 1. The molecule has 2 saturated carbocycles. The number of nitrogens with zero attached hydrogens (tertiary/aromatic N) is 5. The van der Waals surface area contributed by atoms with E-state index in [1.807, 2.05) is 6.07 Å². The molecule has 11 heteroatoms. The molecule has 0 radical (unpaired) electrons. The zero-order valence-electron chi connectivity index (χ0n) is 20.9. The third-order valence-corrected chi connectivity index (χ3v) is 8.34. The first-order valence-corrected chi connectivity index (χ1v) is 13.5. The van der Waals surface area contributed by atoms with Gasteiger partial charge in [-0.3, -0.25) is 4.98 Å². The molecule has 1 aromatic carbocycles. The number of piperidine rings is 1. The van der Waals surface area contributed by atoms with Gasteiger partial charge in [-0.15, -0.1) is 0 Å². The Labute approximate surface area is 233 Å². The van der Waals surface area contributed by atoms with Crippen LogP contribution >= 0.6 is 23.2 Å². The minimum atomic E-state index is -0.408. The topological polar surface area (TPSA) is 107 Å². The maximum atomic E-state index is 11.9. The van der Waals surface area contributed by atoms with E-state index in [0.29, 0.717) is 67.9 Å². The van der Waals surface area contributed by atoms with Crippen molar-refractivity contribution in [2.24, 2.45) is 17.8 Å². The van der Waals surface area contributed by atoms with Crippen molar-refractivity contribution in [1.82, 2.24) is 20.3 Å². The molecule has 2 aliphatic carbocycles. The lowest BCUT2D eigenvalue weighted by molar-refractivity contribution is 0.0600. The summed E-state index contributed by atoms with van der Waals surface area (Å²) in [4.78, 5) is 22.6. The molecule has 0 bridgehead atoms. The van der Waals surface area contributed by atoms with Crippen LogP contribution in [0.4, 0.5) is 6.01 Å². The summed E-state index contributed by atoms with van der Waals surface area (Å²) in [6.07, 6.45) is 9.71. The summed E-state index contributed by atoms with van der Waals surface area (Å²) in [5, 5.41) is 9.38. The Morgan fingerprint density at radius 3 is 2.59 bits per heavy atom. The van der Waals surface area contributed by atoms with Crippen LogP contribution in [-0.2, 0) is 4.74 Å². The molecule has 0 spiro atoms. The second-order valence-electron chi connectivity index (χ2n) is 10.2. The molecule has 1 saturated heterocycles. The summed E-state index contributed by atoms with van der Waals surface area (Å²) in [6.45, 7) is 1.66. The summed E-state index contributed by atoms with van der Waals surface area (Å²) in [7, 11) is 1.35. The summed E-state index contributed by atoms with van der Waals surface area (Å²) >= 11 is 12.9. The second-order valence-corrected chi connectivity index (χ2v) is 11.0. The lowest BCUT2D eigenvalue weighted by atomic mass is 10.0. The molecule has 3 aliphatic rings. The van der Waals surface area contributed by atoms with Crippen molar-refractivity contribution in [2.75, 3.05) is 25.1 Å². The first-order chi connectivity index (χ1) is 19.0. The number of methoxy groups -OCH3 is 1. The van der Waals surface area contributed by atoms with Crippen LogP contribution in [-0.4, -0.2) is 46.4 Å². The summed E-state index contributed by atoms with van der Waals surface area (Å²) in [5.41, 5.74) is 3.39. The maximum absolute atomic E-state index is 11.9. The lowest BCUT2D eigenvalue weighted by Gasteiger charge is -2.15. The maximum Gasteiger partial charge on any atom is 0.337 e. The van der Waals surface area contributed by atoms with E-state index < -0.39 is 5.97 Å². The van der Waals surface area contributed by atoms with Gasteiger partial charge in [-0.05, 0) is 42.7 Å². The molecule has 7 rings (SSSR count). The minimum absolute atomic E-state index is 0.388. The fourth-order valence-electron chi connectivity index (χ4n) is 5.51. The molecule has 9 nitrogen and oxygen atoms in total. The van der Waals surface area contributed by atoms with Gasteiger partial charge in [0.2, 0.25) is 5.82 Å². The Balaban J connectivity index is 1.06. The predicted octanol–water partition coefficient (Wildman–Crippen LogP) is 6.15. The van der Waals surface area contributed by atoms with E-state index in [0.717, 1.165) is 37.3 Å². The summed E-state index contributed by atoms with van der Waals surface area (Å²) < 4.78 is 16.1. The number of hydrogen-bond donors (Lipinski definition) is 0. The van der Waals surface area contributed by atoms with Crippen molar-refractivity contribution in [3.63, 3.8) is 0 Å². The molecule has 1 aliphatic heterocycles. The number of aromatic nitrogens is 4. The first kappa shape index (κ1) is 24.4. The molecule has 2 atom stereocenters. The third-order valence-electron chi connectivity index (χ3n) is 7.77. The van der Waals surface area contributed by atoms with Crippen molar-refractivity contribution in [3.05, 3.63) is 69.7 Å². The number of carbonyl (C=O) groups excluding carboxylic acids is 1. The van der Waals surface area contributed by atoms with Crippen molar-refractivity contribution >= 4 is 41.3 Å². The molecule has 0 N–H and O–H groups in total. The highest BCUT2D eigenvalue weighted by molar-refractivity contribution is 6.39. The van der Waals surface area contributed by atoms with Crippen molar-refractivity contribution in [2.45, 2.75) is 18.8 Å². The molecule has 3 fully saturated rings. The van der Waals surface area contributed by atoms with Crippen molar-refractivity contribution < 1.29 is 18.6 Å². The third kappa shape index (κ3) is 4.39. The van der Waals surface area contributed by atoms with Crippen LogP contribution in [0.2, 0.25) is 10.0 Å². The highest BCUT2D eigenvalue weighted by atomic mass is 35.5. The quantitative estimate of drug-likeness (QED) is 0.244. The normalized spacial score (nSPS) is 21.9. The predicted molar refractivity (Wildman–Crippen MR) is 145 cm³/mol. The SMILES string of the molecule is COC(=O)c1cccc(-c2noc(N3CC4C(/C=C/c5c(-c6c(Cl)cncc6Cl)noc5C5CC5)C4C3)n2)c1. The van der Waals surface area contributed by atoms with Crippen LogP contribution in [0.15, 0.2) is 51.8 Å². The zero-order valence-corrected chi connectivity index (χ0v) is 22.4. The second kappa shape index (κ2) is 9.50. The highest BCUT2D eigenvalue weighted by Crippen LogP contribution is 2.54. The monoisotopic (exact) mass is 563 g/mol. The smallest absolute Gasteiger partial charge is 0.337 e. The van der Waals surface area contributed by atoms with Gasteiger partial charge in [0.25, 0.3) is 0 Å². The average Bonchev–Trinajstić information content (AvgIpc) is 3.68. The number of fused-ring (bicyclic) bond motifs is 1. The van der Waals surface area contributed by atoms with Crippen LogP contribution in [0.25, 0.3) is 28.7 Å². The molecule has 4 aromatic rings. The van der Waals surface area contributed by atoms with Crippen LogP contribution in [0.1, 0.15) is 40.4 Å². The molecule has 2 unspecified atom stereocenters. The van der Waals surface area contributed by atoms with E-state index in [-0.39, 0.29) is 0 Å². The molecule has 198 valence electrons. The standard InChI is InChI=1S/C28H23Cl2N5O4/c1-37-27(36)16-4-2-3-15(9-16)26-32-28(39-34-26)35-12-19-17(20(19)13-35)7-8-18-24(33-38-25(18)14-5-6-14)23-21(29)10-31-11-22(23)30/h2-4,7-11,14,17,19-20H,5-6,12-13H2,1H3/b8-7+. The fraction of sp³-hybridized carbons (Fsp3) is 0.321. The number of hydrogen-bond acceptors (Lipinski definition) is 9. The summed E-state index contributed by atoms with van der Waals surface area (Å²) in [5.74, 6) is 2.76. The van der Waals surface area contributed by atoms with Gasteiger partial charge in [-0.1, -0.05) is 57.8 Å². The van der Waals surface area contributed by atoms with E-state index in [4.69, 9.17) is 37.0 Å². The molecule has 39 heavy (non-hydrogen) atoms. The number of halogens is 2. The minimum Gasteiger partial charge on any atom is -0.465 e. The van der Waals surface area contributed by atoms with E-state index in [1.165, 1.54) is 7.11 Å². The van der Waals surface area contributed by atoms with Gasteiger partial charge >= 0.3 is 12.0 Å². The number of pyridine rings is 1. The van der Waals surface area contributed by atoms with E-state index in [1.54, 1.807) is 30.6 Å². The highest BCUT2D eigenvalue weighted by Gasteiger charge is 2.55. The van der Waals surface area contributed by atoms with Crippen molar-refractivity contribution in [3.8, 4) is 22.6 Å². The van der Waals surface area contributed by atoms with Gasteiger partial charge in [0, 0.05) is 48.1 Å². The molecular formula is C28H23Cl2N5O4. The van der Waals surface area contributed by atoms with Gasteiger partial charge in [-0.25, -0.2) is 4.79 Å². The zero-order chi connectivity index (χ0) is 26.7. The fourth-order valence-corrected chi connectivity index (χ4v) is 6.06. The van der Waals surface area contributed by atoms with Crippen molar-refractivity contribution in [1.29, 1.82) is 0 Å². The number of rotatable bonds is 7. The van der Waals surface area contributed by atoms with Crippen LogP contribution in [0, 0.1) is 17.8 Å². The van der Waals surface area contributed by atoms with Gasteiger partial charge < -0.3 is 18.7 Å². The van der Waals surface area contributed by atoms with Gasteiger partial charge in [0.15, 0.2) is 0 Å². The van der Waals surface area contributed by atoms with Crippen LogP contribution in [0.3, 0.4) is 0 Å². The number of benzene rings is 1. The van der Waals surface area contributed by atoms with Crippen LogP contribution < -0.4 is 4.90 Å². The van der Waals surface area contributed by atoms with E-state index in [9.17, 15) is 4.79 Å². The van der Waals surface area contributed by atoms with Gasteiger partial charge in [-0.2, -0.15) is 4.98 Å².